The normalized spacial score (nSPS) is 9.27. The first-order valence-electron chi connectivity index (χ1n) is 2.74. The number of halogens is 1. The van der Waals surface area contributed by atoms with E-state index in [1.807, 2.05) is 0 Å². The van der Waals surface area contributed by atoms with Crippen molar-refractivity contribution >= 4 is 23.7 Å². The highest BCUT2D eigenvalue weighted by molar-refractivity contribution is 6.18. The zero-order valence-electron chi connectivity index (χ0n) is 5.63. The summed E-state index contributed by atoms with van der Waals surface area (Å²) in [5, 5.41) is 4.31. The van der Waals surface area contributed by atoms with Gasteiger partial charge < -0.3 is 22.1 Å². The average Bonchev–Trinajstić information content (AvgIpc) is 1.84. The quantitative estimate of drug-likeness (QED) is 0.326. The molecule has 64 valence electrons. The molecule has 4 amide bonds. The molecule has 0 unspecified atom stereocenters. The minimum absolute atomic E-state index is 0.00583. The lowest BCUT2D eigenvalue weighted by atomic mass is 10.5. The Morgan fingerprint density at radius 2 is 1.64 bits per heavy atom. The molecule has 11 heavy (non-hydrogen) atoms. The molecule has 0 bridgehead atoms. The number of amides is 4. The first-order valence-corrected chi connectivity index (χ1v) is 3.27. The maximum absolute atomic E-state index is 10.2. The fourth-order valence-corrected chi connectivity index (χ4v) is 0.611. The predicted octanol–water partition coefficient (Wildman–Crippen LogP) is -1.11. The van der Waals surface area contributed by atoms with Gasteiger partial charge in [-0.3, -0.25) is 0 Å². The summed E-state index contributed by atoms with van der Waals surface area (Å²) in [4.78, 5) is 20.4. The van der Waals surface area contributed by atoms with Gasteiger partial charge in [-0.1, -0.05) is 0 Å². The summed E-state index contributed by atoms with van der Waals surface area (Å²) in [6, 6.07) is -1.55. The number of hydrogen-bond donors (Lipinski definition) is 4. The Labute approximate surface area is 68.2 Å². The molecule has 0 aliphatic rings. The van der Waals surface area contributed by atoms with Crippen LogP contribution in [0.3, 0.4) is 0 Å². The minimum atomic E-state index is -0.774. The number of hydrogen-bond acceptors (Lipinski definition) is 2. The van der Waals surface area contributed by atoms with Crippen molar-refractivity contribution in [2.75, 3.05) is 5.88 Å². The Balaban J connectivity index is 3.76. The molecule has 0 saturated heterocycles. The van der Waals surface area contributed by atoms with Crippen LogP contribution in [0.4, 0.5) is 9.59 Å². The van der Waals surface area contributed by atoms with E-state index >= 15 is 0 Å². The van der Waals surface area contributed by atoms with Crippen molar-refractivity contribution in [3.05, 3.63) is 0 Å². The van der Waals surface area contributed by atoms with Crippen LogP contribution in [-0.4, -0.2) is 24.1 Å². The van der Waals surface area contributed by atoms with Crippen molar-refractivity contribution in [1.82, 2.24) is 10.6 Å². The Bertz CT molecular complexity index is 146. The van der Waals surface area contributed by atoms with Crippen molar-refractivity contribution in [3.63, 3.8) is 0 Å². The van der Waals surface area contributed by atoms with Crippen molar-refractivity contribution in [2.24, 2.45) is 11.5 Å². The Morgan fingerprint density at radius 1 is 1.27 bits per heavy atom. The van der Waals surface area contributed by atoms with E-state index in [2.05, 4.69) is 10.6 Å². The molecule has 0 atom stereocenters. The molecule has 6 N–H and O–H groups in total. The fourth-order valence-electron chi connectivity index (χ4n) is 0.457. The molecule has 6 nitrogen and oxygen atoms in total. The van der Waals surface area contributed by atoms with Crippen LogP contribution in [0, 0.1) is 0 Å². The largest absolute Gasteiger partial charge is 0.352 e. The van der Waals surface area contributed by atoms with Crippen LogP contribution < -0.4 is 22.1 Å². The topological polar surface area (TPSA) is 110 Å². The highest BCUT2D eigenvalue weighted by Gasteiger charge is 2.08. The summed E-state index contributed by atoms with van der Waals surface area (Å²) in [5.74, 6) is 0.00583. The van der Waals surface area contributed by atoms with Gasteiger partial charge in [0.1, 0.15) is 6.17 Å². The Morgan fingerprint density at radius 3 is 1.82 bits per heavy atom. The Kier molecular flexibility index (Phi) is 4.12. The lowest BCUT2D eigenvalue weighted by Crippen LogP contribution is -2.52. The van der Waals surface area contributed by atoms with Gasteiger partial charge in [0, 0.05) is 0 Å². The molecule has 0 radical (unpaired) electrons. The van der Waals surface area contributed by atoms with Crippen LogP contribution in [0.15, 0.2) is 0 Å². The standard InChI is InChI=1S/C4H9ClN4O2/c5-1-2(8-3(6)10)9-4(7)11/h2H,1H2,(H3,6,8,10)(H3,7,9,11). The number of carbonyl (C=O) groups is 2. The molecule has 0 spiro atoms. The number of rotatable bonds is 3. The lowest BCUT2D eigenvalue weighted by molar-refractivity contribution is 0.237. The summed E-state index contributed by atoms with van der Waals surface area (Å²) in [5.41, 5.74) is 9.49. The van der Waals surface area contributed by atoms with E-state index in [0.717, 1.165) is 0 Å². The molecule has 7 heteroatoms. The van der Waals surface area contributed by atoms with Crippen molar-refractivity contribution in [1.29, 1.82) is 0 Å². The van der Waals surface area contributed by atoms with Crippen molar-refractivity contribution in [3.8, 4) is 0 Å². The van der Waals surface area contributed by atoms with E-state index in [0.29, 0.717) is 0 Å². The van der Waals surface area contributed by atoms with E-state index in [1.165, 1.54) is 0 Å². The summed E-state index contributed by atoms with van der Waals surface area (Å²) in [7, 11) is 0. The second-order valence-electron chi connectivity index (χ2n) is 1.72. The van der Waals surface area contributed by atoms with Gasteiger partial charge >= 0.3 is 12.1 Å². The molecule has 0 aromatic heterocycles. The molecule has 0 aliphatic carbocycles. The van der Waals surface area contributed by atoms with E-state index in [-0.39, 0.29) is 5.88 Å². The summed E-state index contributed by atoms with van der Waals surface area (Å²) in [6.45, 7) is 0. The zero-order chi connectivity index (χ0) is 8.85. The van der Waals surface area contributed by atoms with Gasteiger partial charge in [0.05, 0.1) is 5.88 Å². The van der Waals surface area contributed by atoms with E-state index in [9.17, 15) is 9.59 Å². The third kappa shape index (κ3) is 5.28. The molecule has 0 heterocycles. The molecule has 0 fully saturated rings. The zero-order valence-corrected chi connectivity index (χ0v) is 6.39. The van der Waals surface area contributed by atoms with Crippen LogP contribution in [-0.2, 0) is 0 Å². The third-order valence-electron chi connectivity index (χ3n) is 0.787. The smallest absolute Gasteiger partial charge is 0.313 e. The van der Waals surface area contributed by atoms with Crippen LogP contribution in [0.2, 0.25) is 0 Å². The number of nitrogens with two attached hydrogens (primary N) is 2. The first kappa shape index (κ1) is 9.83. The van der Waals surface area contributed by atoms with Crippen LogP contribution >= 0.6 is 11.6 Å². The summed E-state index contributed by atoms with van der Waals surface area (Å²) >= 11 is 5.32. The number of alkyl halides is 1. The van der Waals surface area contributed by atoms with E-state index < -0.39 is 18.2 Å². The molecular formula is C4H9ClN4O2. The third-order valence-corrected chi connectivity index (χ3v) is 1.10. The van der Waals surface area contributed by atoms with Crippen LogP contribution in [0.1, 0.15) is 0 Å². The Hall–Kier alpha value is -1.17. The van der Waals surface area contributed by atoms with Gasteiger partial charge in [-0.25, -0.2) is 9.59 Å². The van der Waals surface area contributed by atoms with Crippen molar-refractivity contribution in [2.45, 2.75) is 6.17 Å². The monoisotopic (exact) mass is 180 g/mol. The second kappa shape index (κ2) is 4.62. The fraction of sp³-hybridized carbons (Fsp3) is 0.500. The van der Waals surface area contributed by atoms with Gasteiger partial charge in [-0.2, -0.15) is 0 Å². The van der Waals surface area contributed by atoms with E-state index in [1.54, 1.807) is 0 Å². The molecule has 0 aliphatic heterocycles. The highest BCUT2D eigenvalue weighted by Crippen LogP contribution is 1.81. The number of urea groups is 2. The molecule has 0 aromatic carbocycles. The van der Waals surface area contributed by atoms with Crippen LogP contribution in [0.5, 0.6) is 0 Å². The predicted molar refractivity (Wildman–Crippen MR) is 39.9 cm³/mol. The van der Waals surface area contributed by atoms with Gasteiger partial charge in [0.2, 0.25) is 0 Å². The maximum atomic E-state index is 10.2. The maximum Gasteiger partial charge on any atom is 0.313 e. The van der Waals surface area contributed by atoms with Gasteiger partial charge in [-0.05, 0) is 0 Å². The number of primary amides is 2. The van der Waals surface area contributed by atoms with Crippen LogP contribution in [0.25, 0.3) is 0 Å². The molecule has 0 saturated carbocycles. The number of nitrogens with one attached hydrogen (secondary N) is 2. The van der Waals surface area contributed by atoms with E-state index in [4.69, 9.17) is 23.1 Å². The second-order valence-corrected chi connectivity index (χ2v) is 2.03. The van der Waals surface area contributed by atoms with Gasteiger partial charge in [-0.15, -0.1) is 11.6 Å². The molecular weight excluding hydrogens is 172 g/mol. The first-order chi connectivity index (χ1) is 5.06. The van der Waals surface area contributed by atoms with Gasteiger partial charge in [0.25, 0.3) is 0 Å². The summed E-state index contributed by atoms with van der Waals surface area (Å²) in [6.07, 6.45) is -0.716. The minimum Gasteiger partial charge on any atom is -0.352 e. The molecule has 0 aromatic rings. The van der Waals surface area contributed by atoms with Gasteiger partial charge in [0.15, 0.2) is 0 Å². The lowest BCUT2D eigenvalue weighted by Gasteiger charge is -2.13. The number of carbonyl (C=O) groups excluding carboxylic acids is 2. The summed E-state index contributed by atoms with van der Waals surface area (Å²) < 4.78 is 0. The van der Waals surface area contributed by atoms with Crippen molar-refractivity contribution < 1.29 is 9.59 Å². The molecule has 0 rings (SSSR count). The SMILES string of the molecule is NC(=O)NC(CCl)NC(N)=O. The highest BCUT2D eigenvalue weighted by atomic mass is 35.5. The average molecular weight is 181 g/mol.